The highest BCUT2D eigenvalue weighted by atomic mass is 19.1. The van der Waals surface area contributed by atoms with E-state index in [4.69, 9.17) is 5.73 Å². The maximum atomic E-state index is 13.7. The van der Waals surface area contributed by atoms with Crippen LogP contribution in [-0.4, -0.2) is 11.4 Å². The number of nitrogens with two attached hydrogens (primary N) is 1. The average molecular weight is 276 g/mol. The standard InChI is InChI=1S/C16H21FN2O/c17-13-6-4-5-12-11(13)7-8-14(12)19-15(20)16(18)9-2-1-3-10-16/h4-6,14H,1-3,7-10,18H2,(H,19,20). The molecule has 0 spiro atoms. The number of halogens is 1. The maximum absolute atomic E-state index is 13.7. The summed E-state index contributed by atoms with van der Waals surface area (Å²) in [6.07, 6.45) is 6.13. The van der Waals surface area contributed by atoms with Gasteiger partial charge in [-0.1, -0.05) is 31.4 Å². The minimum absolute atomic E-state index is 0.0701. The predicted molar refractivity (Wildman–Crippen MR) is 75.6 cm³/mol. The van der Waals surface area contributed by atoms with Gasteiger partial charge >= 0.3 is 0 Å². The van der Waals surface area contributed by atoms with Gasteiger partial charge in [0.2, 0.25) is 5.91 Å². The first kappa shape index (κ1) is 13.6. The van der Waals surface area contributed by atoms with Crippen molar-refractivity contribution in [3.8, 4) is 0 Å². The van der Waals surface area contributed by atoms with E-state index in [0.29, 0.717) is 6.42 Å². The molecule has 0 radical (unpaired) electrons. The molecule has 1 aromatic carbocycles. The fourth-order valence-electron chi connectivity index (χ4n) is 3.47. The number of nitrogens with one attached hydrogen (secondary N) is 1. The number of benzene rings is 1. The summed E-state index contributed by atoms with van der Waals surface area (Å²) in [5.41, 5.74) is 7.17. The quantitative estimate of drug-likeness (QED) is 0.872. The third-order valence-electron chi connectivity index (χ3n) is 4.72. The van der Waals surface area contributed by atoms with E-state index in [2.05, 4.69) is 5.32 Å². The van der Waals surface area contributed by atoms with Crippen LogP contribution in [-0.2, 0) is 11.2 Å². The van der Waals surface area contributed by atoms with Crippen molar-refractivity contribution in [3.63, 3.8) is 0 Å². The summed E-state index contributed by atoms with van der Waals surface area (Å²) >= 11 is 0. The van der Waals surface area contributed by atoms with Crippen LogP contribution in [0.3, 0.4) is 0 Å². The summed E-state index contributed by atoms with van der Waals surface area (Å²) in [6.45, 7) is 0. The highest BCUT2D eigenvalue weighted by Crippen LogP contribution is 2.34. The smallest absolute Gasteiger partial charge is 0.240 e. The van der Waals surface area contributed by atoms with Crippen LogP contribution in [0.5, 0.6) is 0 Å². The van der Waals surface area contributed by atoms with Crippen molar-refractivity contribution in [1.82, 2.24) is 5.32 Å². The lowest BCUT2D eigenvalue weighted by Crippen LogP contribution is -2.55. The Morgan fingerprint density at radius 1 is 1.30 bits per heavy atom. The average Bonchev–Trinajstić information content (AvgIpc) is 2.84. The molecule has 3 rings (SSSR count). The summed E-state index contributed by atoms with van der Waals surface area (Å²) in [4.78, 5) is 12.4. The van der Waals surface area contributed by atoms with E-state index >= 15 is 0 Å². The van der Waals surface area contributed by atoms with Crippen LogP contribution in [0.15, 0.2) is 18.2 Å². The summed E-state index contributed by atoms with van der Waals surface area (Å²) in [7, 11) is 0. The number of amides is 1. The van der Waals surface area contributed by atoms with E-state index < -0.39 is 5.54 Å². The molecule has 2 aliphatic carbocycles. The lowest BCUT2D eigenvalue weighted by Gasteiger charge is -2.33. The fourth-order valence-corrected chi connectivity index (χ4v) is 3.47. The van der Waals surface area contributed by atoms with E-state index in [0.717, 1.165) is 49.7 Å². The zero-order chi connectivity index (χ0) is 14.2. The van der Waals surface area contributed by atoms with Crippen LogP contribution >= 0.6 is 0 Å². The number of rotatable bonds is 2. The summed E-state index contributed by atoms with van der Waals surface area (Å²) in [6, 6.07) is 5.00. The van der Waals surface area contributed by atoms with Crippen LogP contribution in [0, 0.1) is 5.82 Å². The van der Waals surface area contributed by atoms with Gasteiger partial charge in [-0.25, -0.2) is 4.39 Å². The molecule has 0 bridgehead atoms. The van der Waals surface area contributed by atoms with Gasteiger partial charge in [0.05, 0.1) is 11.6 Å². The number of hydrogen-bond donors (Lipinski definition) is 2. The third-order valence-corrected chi connectivity index (χ3v) is 4.72. The van der Waals surface area contributed by atoms with Gasteiger partial charge < -0.3 is 11.1 Å². The lowest BCUT2D eigenvalue weighted by atomic mass is 9.81. The molecule has 1 fully saturated rings. The Morgan fingerprint density at radius 3 is 2.80 bits per heavy atom. The van der Waals surface area contributed by atoms with E-state index in [1.165, 1.54) is 6.07 Å². The minimum Gasteiger partial charge on any atom is -0.348 e. The molecular formula is C16H21FN2O. The van der Waals surface area contributed by atoms with E-state index in [9.17, 15) is 9.18 Å². The van der Waals surface area contributed by atoms with Gasteiger partial charge in [-0.3, -0.25) is 4.79 Å². The largest absolute Gasteiger partial charge is 0.348 e. The van der Waals surface area contributed by atoms with Crippen LogP contribution in [0.1, 0.15) is 55.7 Å². The van der Waals surface area contributed by atoms with E-state index in [1.807, 2.05) is 6.07 Å². The van der Waals surface area contributed by atoms with Gasteiger partial charge in [-0.2, -0.15) is 0 Å². The molecule has 0 aliphatic heterocycles. The van der Waals surface area contributed by atoms with Crippen LogP contribution in [0.2, 0.25) is 0 Å². The Hall–Kier alpha value is -1.42. The van der Waals surface area contributed by atoms with Crippen molar-refractivity contribution in [2.45, 2.75) is 56.5 Å². The van der Waals surface area contributed by atoms with Crippen molar-refractivity contribution >= 4 is 5.91 Å². The Balaban J connectivity index is 1.74. The second-order valence-corrected chi connectivity index (χ2v) is 6.09. The number of fused-ring (bicyclic) bond motifs is 1. The van der Waals surface area contributed by atoms with Crippen molar-refractivity contribution < 1.29 is 9.18 Å². The normalized spacial score (nSPS) is 24.2. The van der Waals surface area contributed by atoms with Crippen molar-refractivity contribution in [2.75, 3.05) is 0 Å². The molecule has 20 heavy (non-hydrogen) atoms. The summed E-state index contributed by atoms with van der Waals surface area (Å²) in [5, 5.41) is 3.04. The number of carbonyl (C=O) groups is 1. The third kappa shape index (κ3) is 2.33. The second kappa shape index (κ2) is 5.17. The maximum Gasteiger partial charge on any atom is 0.240 e. The molecule has 2 aliphatic rings. The minimum atomic E-state index is -0.728. The SMILES string of the molecule is NC1(C(=O)NC2CCc3c(F)cccc32)CCCCC1. The Morgan fingerprint density at radius 2 is 2.05 bits per heavy atom. The molecular weight excluding hydrogens is 255 g/mol. The van der Waals surface area contributed by atoms with Gasteiger partial charge in [0, 0.05) is 0 Å². The molecule has 0 aromatic heterocycles. The van der Waals surface area contributed by atoms with Gasteiger partial charge in [0.1, 0.15) is 5.82 Å². The Kier molecular flexibility index (Phi) is 3.50. The highest BCUT2D eigenvalue weighted by molar-refractivity contribution is 5.86. The van der Waals surface area contributed by atoms with Crippen LogP contribution < -0.4 is 11.1 Å². The molecule has 1 aromatic rings. The molecule has 4 heteroatoms. The molecule has 1 amide bonds. The van der Waals surface area contributed by atoms with Gasteiger partial charge in [0.25, 0.3) is 0 Å². The Bertz CT molecular complexity index is 523. The molecule has 108 valence electrons. The first-order valence-corrected chi connectivity index (χ1v) is 7.47. The first-order chi connectivity index (χ1) is 9.60. The molecule has 3 nitrogen and oxygen atoms in total. The fraction of sp³-hybridized carbons (Fsp3) is 0.562. The van der Waals surface area contributed by atoms with Crippen molar-refractivity contribution in [2.24, 2.45) is 5.73 Å². The monoisotopic (exact) mass is 276 g/mol. The van der Waals surface area contributed by atoms with Crippen LogP contribution in [0.4, 0.5) is 4.39 Å². The molecule has 1 atom stereocenters. The molecule has 0 saturated heterocycles. The van der Waals surface area contributed by atoms with Gasteiger partial charge in [-0.15, -0.1) is 0 Å². The first-order valence-electron chi connectivity index (χ1n) is 7.47. The van der Waals surface area contributed by atoms with Gasteiger partial charge in [0.15, 0.2) is 0 Å². The predicted octanol–water partition coefficient (Wildman–Crippen LogP) is 2.59. The second-order valence-electron chi connectivity index (χ2n) is 6.09. The topological polar surface area (TPSA) is 55.1 Å². The lowest BCUT2D eigenvalue weighted by molar-refractivity contribution is -0.128. The number of carbonyl (C=O) groups excluding carboxylic acids is 1. The van der Waals surface area contributed by atoms with E-state index in [1.54, 1.807) is 6.07 Å². The van der Waals surface area contributed by atoms with Crippen molar-refractivity contribution in [1.29, 1.82) is 0 Å². The van der Waals surface area contributed by atoms with Gasteiger partial charge in [-0.05, 0) is 42.9 Å². The van der Waals surface area contributed by atoms with E-state index in [-0.39, 0.29) is 17.8 Å². The zero-order valence-corrected chi connectivity index (χ0v) is 11.6. The summed E-state index contributed by atoms with van der Waals surface area (Å²) < 4.78 is 13.7. The highest BCUT2D eigenvalue weighted by Gasteiger charge is 2.37. The molecule has 1 unspecified atom stereocenters. The molecule has 0 heterocycles. The van der Waals surface area contributed by atoms with Crippen LogP contribution in [0.25, 0.3) is 0 Å². The van der Waals surface area contributed by atoms with Crippen molar-refractivity contribution in [3.05, 3.63) is 35.1 Å². The zero-order valence-electron chi connectivity index (χ0n) is 11.6. The summed E-state index contributed by atoms with van der Waals surface area (Å²) in [5.74, 6) is -0.237. The number of hydrogen-bond acceptors (Lipinski definition) is 2. The Labute approximate surface area is 118 Å². The molecule has 1 saturated carbocycles. The molecule has 3 N–H and O–H groups in total.